The molecule has 0 spiro atoms. The Labute approximate surface area is 131 Å². The summed E-state index contributed by atoms with van der Waals surface area (Å²) in [5.41, 5.74) is -0.461. The van der Waals surface area contributed by atoms with Crippen LogP contribution in [0.15, 0.2) is 9.42 Å². The zero-order valence-corrected chi connectivity index (χ0v) is 14.5. The SMILES string of the molecule is Cc1noc(C)c1S(=O)(=O)N1CCC[C@@](O)(CN(C)C)CC1. The predicted octanol–water partition coefficient (Wildman–Crippen LogP) is 0.759. The summed E-state index contributed by atoms with van der Waals surface area (Å²) >= 11 is 0. The molecule has 0 bridgehead atoms. The van der Waals surface area contributed by atoms with Crippen LogP contribution in [0.25, 0.3) is 0 Å². The van der Waals surface area contributed by atoms with Gasteiger partial charge in [0.25, 0.3) is 0 Å². The lowest BCUT2D eigenvalue weighted by molar-refractivity contribution is 0.00405. The van der Waals surface area contributed by atoms with Gasteiger partial charge in [0.15, 0.2) is 5.76 Å². The van der Waals surface area contributed by atoms with Crippen LogP contribution in [-0.4, -0.2) is 67.2 Å². The van der Waals surface area contributed by atoms with E-state index in [1.54, 1.807) is 13.8 Å². The molecule has 0 aliphatic carbocycles. The van der Waals surface area contributed by atoms with Crippen LogP contribution in [0.5, 0.6) is 0 Å². The zero-order chi connectivity index (χ0) is 16.5. The Morgan fingerprint density at radius 2 is 2.00 bits per heavy atom. The van der Waals surface area contributed by atoms with Crippen LogP contribution in [0.1, 0.15) is 30.7 Å². The Bertz CT molecular complexity index is 607. The van der Waals surface area contributed by atoms with Gasteiger partial charge in [-0.3, -0.25) is 0 Å². The lowest BCUT2D eigenvalue weighted by Gasteiger charge is -2.29. The van der Waals surface area contributed by atoms with Crippen LogP contribution < -0.4 is 0 Å². The molecular weight excluding hydrogens is 306 g/mol. The van der Waals surface area contributed by atoms with Gasteiger partial charge in [-0.2, -0.15) is 4.31 Å². The summed E-state index contributed by atoms with van der Waals surface area (Å²) in [6, 6.07) is 0. The minimum absolute atomic E-state index is 0.158. The lowest BCUT2D eigenvalue weighted by Crippen LogP contribution is -2.41. The highest BCUT2D eigenvalue weighted by molar-refractivity contribution is 7.89. The van der Waals surface area contributed by atoms with Crippen LogP contribution in [0.2, 0.25) is 0 Å². The van der Waals surface area contributed by atoms with Gasteiger partial charge in [-0.1, -0.05) is 5.16 Å². The van der Waals surface area contributed by atoms with Gasteiger partial charge in [-0.25, -0.2) is 8.42 Å². The van der Waals surface area contributed by atoms with Gasteiger partial charge in [-0.05, 0) is 47.2 Å². The topological polar surface area (TPSA) is 86.9 Å². The summed E-state index contributed by atoms with van der Waals surface area (Å²) in [5.74, 6) is 0.310. The van der Waals surface area contributed by atoms with Crippen LogP contribution >= 0.6 is 0 Å². The molecule has 0 radical (unpaired) electrons. The average molecular weight is 331 g/mol. The predicted molar refractivity (Wildman–Crippen MR) is 82.1 cm³/mol. The molecule has 1 atom stereocenters. The first-order valence-corrected chi connectivity index (χ1v) is 8.90. The Hall–Kier alpha value is -0.960. The standard InChI is InChI=1S/C14H25N3O4S/c1-11-13(12(2)21-15-11)22(19,20)17-8-5-6-14(18,7-9-17)10-16(3)4/h18H,5-10H2,1-4H3/t14-/m0/s1. The third-order valence-corrected chi connectivity index (χ3v) is 6.20. The van der Waals surface area contributed by atoms with Crippen molar-refractivity contribution in [3.63, 3.8) is 0 Å². The molecule has 0 amide bonds. The maximum absolute atomic E-state index is 12.8. The zero-order valence-electron chi connectivity index (χ0n) is 13.7. The highest BCUT2D eigenvalue weighted by atomic mass is 32.2. The Morgan fingerprint density at radius 1 is 1.32 bits per heavy atom. The summed E-state index contributed by atoms with van der Waals surface area (Å²) < 4.78 is 32.0. The number of hydrogen-bond donors (Lipinski definition) is 1. The molecule has 22 heavy (non-hydrogen) atoms. The quantitative estimate of drug-likeness (QED) is 0.876. The normalized spacial score (nSPS) is 24.6. The van der Waals surface area contributed by atoms with Gasteiger partial charge in [-0.15, -0.1) is 0 Å². The molecule has 2 heterocycles. The van der Waals surface area contributed by atoms with E-state index >= 15 is 0 Å². The van der Waals surface area contributed by atoms with E-state index in [2.05, 4.69) is 5.16 Å². The van der Waals surface area contributed by atoms with Gasteiger partial charge >= 0.3 is 0 Å². The number of sulfonamides is 1. The Morgan fingerprint density at radius 3 is 2.55 bits per heavy atom. The molecule has 0 saturated carbocycles. The highest BCUT2D eigenvalue weighted by Gasteiger charge is 2.36. The monoisotopic (exact) mass is 331 g/mol. The van der Waals surface area contributed by atoms with Crippen molar-refractivity contribution in [1.29, 1.82) is 0 Å². The molecule has 1 N–H and O–H groups in total. The van der Waals surface area contributed by atoms with E-state index in [1.807, 2.05) is 19.0 Å². The molecule has 1 fully saturated rings. The van der Waals surface area contributed by atoms with Crippen molar-refractivity contribution in [2.75, 3.05) is 33.7 Å². The van der Waals surface area contributed by atoms with Crippen LogP contribution in [-0.2, 0) is 10.0 Å². The molecule has 0 aromatic carbocycles. The highest BCUT2D eigenvalue weighted by Crippen LogP contribution is 2.29. The van der Waals surface area contributed by atoms with E-state index in [9.17, 15) is 13.5 Å². The summed E-state index contributed by atoms with van der Waals surface area (Å²) in [7, 11) is 0.178. The van der Waals surface area contributed by atoms with Crippen molar-refractivity contribution in [3.05, 3.63) is 11.5 Å². The molecule has 2 rings (SSSR count). The van der Waals surface area contributed by atoms with Crippen molar-refractivity contribution in [1.82, 2.24) is 14.4 Å². The molecule has 1 aromatic rings. The Balaban J connectivity index is 2.21. The van der Waals surface area contributed by atoms with Crippen molar-refractivity contribution < 1.29 is 18.0 Å². The summed E-state index contributed by atoms with van der Waals surface area (Å²) in [4.78, 5) is 2.09. The molecule has 1 saturated heterocycles. The number of nitrogens with zero attached hydrogens (tertiary/aromatic N) is 3. The van der Waals surface area contributed by atoms with Crippen molar-refractivity contribution in [2.45, 2.75) is 43.6 Å². The first-order chi connectivity index (χ1) is 10.2. The maximum Gasteiger partial charge on any atom is 0.248 e. The lowest BCUT2D eigenvalue weighted by atomic mass is 9.94. The van der Waals surface area contributed by atoms with E-state index in [1.165, 1.54) is 4.31 Å². The van der Waals surface area contributed by atoms with E-state index in [4.69, 9.17) is 4.52 Å². The first kappa shape index (κ1) is 17.4. The van der Waals surface area contributed by atoms with Crippen LogP contribution in [0.4, 0.5) is 0 Å². The van der Waals surface area contributed by atoms with Crippen molar-refractivity contribution in [3.8, 4) is 0 Å². The fraction of sp³-hybridized carbons (Fsp3) is 0.786. The fourth-order valence-corrected chi connectivity index (χ4v) is 4.88. The van der Waals surface area contributed by atoms with Gasteiger partial charge in [0.2, 0.25) is 10.0 Å². The molecule has 1 aromatic heterocycles. The largest absolute Gasteiger partial charge is 0.389 e. The summed E-state index contributed by atoms with van der Waals surface area (Å²) in [5, 5.41) is 14.4. The second-order valence-corrected chi connectivity index (χ2v) is 8.25. The fourth-order valence-electron chi connectivity index (χ4n) is 3.11. The first-order valence-electron chi connectivity index (χ1n) is 7.46. The molecule has 0 unspecified atom stereocenters. The number of aromatic nitrogens is 1. The minimum Gasteiger partial charge on any atom is -0.389 e. The summed E-state index contributed by atoms with van der Waals surface area (Å²) in [6.07, 6.45) is 1.65. The van der Waals surface area contributed by atoms with E-state index in [0.717, 1.165) is 0 Å². The number of aliphatic hydroxyl groups is 1. The molecule has 7 nitrogen and oxygen atoms in total. The Kier molecular flexibility index (Phi) is 4.96. The molecule has 1 aliphatic heterocycles. The number of likely N-dealkylation sites (N-methyl/N-ethyl adjacent to an activating group) is 1. The van der Waals surface area contributed by atoms with Gasteiger partial charge in [0, 0.05) is 19.6 Å². The van der Waals surface area contributed by atoms with Crippen LogP contribution in [0.3, 0.4) is 0 Å². The second kappa shape index (κ2) is 6.27. The van der Waals surface area contributed by atoms with Gasteiger partial charge < -0.3 is 14.5 Å². The van der Waals surface area contributed by atoms with E-state index < -0.39 is 15.6 Å². The number of hydrogen-bond acceptors (Lipinski definition) is 6. The third-order valence-electron chi connectivity index (χ3n) is 4.05. The molecular formula is C14H25N3O4S. The van der Waals surface area contributed by atoms with Gasteiger partial charge in [0.1, 0.15) is 10.6 Å². The minimum atomic E-state index is -3.63. The number of aryl methyl sites for hydroxylation is 2. The molecule has 8 heteroatoms. The van der Waals surface area contributed by atoms with Crippen molar-refractivity contribution >= 4 is 10.0 Å². The van der Waals surface area contributed by atoms with E-state index in [-0.39, 0.29) is 4.90 Å². The van der Waals surface area contributed by atoms with Crippen LogP contribution in [0, 0.1) is 13.8 Å². The summed E-state index contributed by atoms with van der Waals surface area (Å²) in [6.45, 7) is 4.47. The number of rotatable bonds is 4. The second-order valence-electron chi connectivity index (χ2n) is 6.37. The van der Waals surface area contributed by atoms with Gasteiger partial charge in [0.05, 0.1) is 5.60 Å². The molecule has 126 valence electrons. The smallest absolute Gasteiger partial charge is 0.248 e. The van der Waals surface area contributed by atoms with E-state index in [0.29, 0.717) is 50.4 Å². The third kappa shape index (κ3) is 3.51. The van der Waals surface area contributed by atoms with Crippen molar-refractivity contribution in [2.24, 2.45) is 0 Å². The average Bonchev–Trinajstić information content (AvgIpc) is 2.60. The maximum atomic E-state index is 12.8. The molecule has 1 aliphatic rings.